The van der Waals surface area contributed by atoms with Crippen molar-refractivity contribution in [2.75, 3.05) is 20.1 Å². The number of likely N-dealkylation sites (tertiary alicyclic amines) is 1. The van der Waals surface area contributed by atoms with Gasteiger partial charge in [0, 0.05) is 18.2 Å². The van der Waals surface area contributed by atoms with Crippen LogP contribution in [0.25, 0.3) is 0 Å². The van der Waals surface area contributed by atoms with Gasteiger partial charge in [0.05, 0.1) is 0 Å². The normalized spacial score (nSPS) is 18.2. The molecule has 0 aliphatic carbocycles. The summed E-state index contributed by atoms with van der Waals surface area (Å²) in [5, 5.41) is 3.19. The van der Waals surface area contributed by atoms with Crippen LogP contribution in [-0.2, 0) is 6.54 Å². The highest BCUT2D eigenvalue weighted by Crippen LogP contribution is 2.16. The first-order chi connectivity index (χ1) is 8.58. The van der Waals surface area contributed by atoms with Gasteiger partial charge in [-0.2, -0.15) is 0 Å². The van der Waals surface area contributed by atoms with Crippen LogP contribution < -0.4 is 5.32 Å². The third kappa shape index (κ3) is 3.03. The second-order valence-electron chi connectivity index (χ2n) is 4.79. The topological polar surface area (TPSA) is 15.3 Å². The molecule has 0 saturated carbocycles. The SMILES string of the molecule is CN1CCC(NCc2ccc(F)c(F)c2F)CC1. The fraction of sp³-hybridized carbons (Fsp3) is 0.538. The molecule has 1 heterocycles. The van der Waals surface area contributed by atoms with E-state index in [9.17, 15) is 13.2 Å². The molecular weight excluding hydrogens is 241 g/mol. The van der Waals surface area contributed by atoms with Gasteiger partial charge < -0.3 is 10.2 Å². The first-order valence-electron chi connectivity index (χ1n) is 6.12. The molecule has 1 fully saturated rings. The van der Waals surface area contributed by atoms with Gasteiger partial charge in [0.15, 0.2) is 17.5 Å². The molecular formula is C13H17F3N2. The van der Waals surface area contributed by atoms with Gasteiger partial charge in [0.25, 0.3) is 0 Å². The van der Waals surface area contributed by atoms with E-state index in [1.807, 2.05) is 0 Å². The van der Waals surface area contributed by atoms with Crippen molar-refractivity contribution in [2.24, 2.45) is 0 Å². The number of nitrogens with one attached hydrogen (secondary N) is 1. The number of benzene rings is 1. The molecule has 18 heavy (non-hydrogen) atoms. The first-order valence-corrected chi connectivity index (χ1v) is 6.12. The van der Waals surface area contributed by atoms with E-state index >= 15 is 0 Å². The van der Waals surface area contributed by atoms with Crippen molar-refractivity contribution in [2.45, 2.75) is 25.4 Å². The predicted molar refractivity (Wildman–Crippen MR) is 63.7 cm³/mol. The Kier molecular flexibility index (Phi) is 4.24. The first kappa shape index (κ1) is 13.4. The lowest BCUT2D eigenvalue weighted by atomic mass is 10.1. The zero-order chi connectivity index (χ0) is 13.1. The summed E-state index contributed by atoms with van der Waals surface area (Å²) in [5.41, 5.74) is 0.174. The summed E-state index contributed by atoms with van der Waals surface area (Å²) in [4.78, 5) is 2.23. The van der Waals surface area contributed by atoms with Crippen LogP contribution in [0.4, 0.5) is 13.2 Å². The standard InChI is InChI=1S/C13H17F3N2/c1-18-6-4-10(5-7-18)17-8-9-2-3-11(14)13(16)12(9)15/h2-3,10,17H,4-8H2,1H3. The summed E-state index contributed by atoms with van der Waals surface area (Å²) in [6, 6.07) is 2.56. The molecule has 0 unspecified atom stereocenters. The number of rotatable bonds is 3. The van der Waals surface area contributed by atoms with Gasteiger partial charge in [0.2, 0.25) is 0 Å². The van der Waals surface area contributed by atoms with Gasteiger partial charge in [0.1, 0.15) is 0 Å². The van der Waals surface area contributed by atoms with E-state index in [-0.39, 0.29) is 12.1 Å². The lowest BCUT2D eigenvalue weighted by Crippen LogP contribution is -2.40. The Labute approximate surface area is 105 Å². The van der Waals surface area contributed by atoms with Gasteiger partial charge in [-0.05, 0) is 39.0 Å². The molecule has 2 nitrogen and oxygen atoms in total. The molecule has 0 amide bonds. The second-order valence-corrected chi connectivity index (χ2v) is 4.79. The fourth-order valence-corrected chi connectivity index (χ4v) is 2.17. The monoisotopic (exact) mass is 258 g/mol. The largest absolute Gasteiger partial charge is 0.310 e. The van der Waals surface area contributed by atoms with Crippen molar-refractivity contribution >= 4 is 0 Å². The van der Waals surface area contributed by atoms with Crippen LogP contribution in [0.3, 0.4) is 0 Å². The Hall–Kier alpha value is -1.07. The molecule has 0 radical (unpaired) electrons. The van der Waals surface area contributed by atoms with Crippen LogP contribution >= 0.6 is 0 Å². The van der Waals surface area contributed by atoms with E-state index in [0.717, 1.165) is 32.0 Å². The van der Waals surface area contributed by atoms with Crippen LogP contribution in [0, 0.1) is 17.5 Å². The zero-order valence-corrected chi connectivity index (χ0v) is 10.3. The summed E-state index contributed by atoms with van der Waals surface area (Å²) >= 11 is 0. The van der Waals surface area contributed by atoms with Crippen LogP contribution in [-0.4, -0.2) is 31.1 Å². The number of halogens is 3. The fourth-order valence-electron chi connectivity index (χ4n) is 2.17. The quantitative estimate of drug-likeness (QED) is 0.837. The highest BCUT2D eigenvalue weighted by atomic mass is 19.2. The van der Waals surface area contributed by atoms with E-state index in [4.69, 9.17) is 0 Å². The lowest BCUT2D eigenvalue weighted by Gasteiger charge is -2.29. The van der Waals surface area contributed by atoms with E-state index < -0.39 is 17.5 Å². The van der Waals surface area contributed by atoms with Crippen LogP contribution in [0.2, 0.25) is 0 Å². The van der Waals surface area contributed by atoms with Gasteiger partial charge in [-0.1, -0.05) is 6.07 Å². The lowest BCUT2D eigenvalue weighted by molar-refractivity contribution is 0.233. The highest BCUT2D eigenvalue weighted by Gasteiger charge is 2.18. The second kappa shape index (κ2) is 5.71. The summed E-state index contributed by atoms with van der Waals surface area (Å²) in [5.74, 6) is -3.62. The van der Waals surface area contributed by atoms with Crippen molar-refractivity contribution in [3.05, 3.63) is 35.1 Å². The molecule has 1 aromatic rings. The number of piperidine rings is 1. The minimum absolute atomic E-state index is 0.174. The minimum Gasteiger partial charge on any atom is -0.310 e. The van der Waals surface area contributed by atoms with Crippen LogP contribution in [0.5, 0.6) is 0 Å². The third-order valence-electron chi connectivity index (χ3n) is 3.41. The van der Waals surface area contributed by atoms with Gasteiger partial charge >= 0.3 is 0 Å². The number of hydrogen-bond acceptors (Lipinski definition) is 2. The van der Waals surface area contributed by atoms with Crippen molar-refractivity contribution < 1.29 is 13.2 Å². The Morgan fingerprint density at radius 2 is 1.83 bits per heavy atom. The van der Waals surface area contributed by atoms with E-state index in [0.29, 0.717) is 6.04 Å². The minimum atomic E-state index is -1.39. The molecule has 5 heteroatoms. The Balaban J connectivity index is 1.92. The van der Waals surface area contributed by atoms with Crippen LogP contribution in [0.1, 0.15) is 18.4 Å². The van der Waals surface area contributed by atoms with Gasteiger partial charge in [-0.15, -0.1) is 0 Å². The van der Waals surface area contributed by atoms with Gasteiger partial charge in [-0.3, -0.25) is 0 Å². The average Bonchev–Trinajstić information content (AvgIpc) is 2.37. The Bertz CT molecular complexity index is 415. The third-order valence-corrected chi connectivity index (χ3v) is 3.41. The summed E-state index contributed by atoms with van der Waals surface area (Å²) in [6.45, 7) is 2.23. The Morgan fingerprint density at radius 1 is 1.17 bits per heavy atom. The summed E-state index contributed by atoms with van der Waals surface area (Å²) in [7, 11) is 2.06. The molecule has 1 aromatic carbocycles. The summed E-state index contributed by atoms with van der Waals surface area (Å²) < 4.78 is 39.2. The molecule has 0 aromatic heterocycles. The highest BCUT2D eigenvalue weighted by molar-refractivity contribution is 5.20. The Morgan fingerprint density at radius 3 is 2.50 bits per heavy atom. The van der Waals surface area contributed by atoms with Crippen molar-refractivity contribution in [1.29, 1.82) is 0 Å². The molecule has 1 aliphatic rings. The van der Waals surface area contributed by atoms with Crippen molar-refractivity contribution in [1.82, 2.24) is 10.2 Å². The predicted octanol–water partition coefficient (Wildman–Crippen LogP) is 2.29. The van der Waals surface area contributed by atoms with Gasteiger partial charge in [-0.25, -0.2) is 13.2 Å². The molecule has 0 spiro atoms. The van der Waals surface area contributed by atoms with Crippen LogP contribution in [0.15, 0.2) is 12.1 Å². The molecule has 1 saturated heterocycles. The summed E-state index contributed by atoms with van der Waals surface area (Å²) in [6.07, 6.45) is 1.98. The van der Waals surface area contributed by atoms with E-state index in [1.54, 1.807) is 0 Å². The average molecular weight is 258 g/mol. The maximum absolute atomic E-state index is 13.4. The van der Waals surface area contributed by atoms with E-state index in [1.165, 1.54) is 6.07 Å². The van der Waals surface area contributed by atoms with E-state index in [2.05, 4.69) is 17.3 Å². The number of hydrogen-bond donors (Lipinski definition) is 1. The smallest absolute Gasteiger partial charge is 0.194 e. The number of nitrogens with zero attached hydrogens (tertiary/aromatic N) is 1. The zero-order valence-electron chi connectivity index (χ0n) is 10.3. The maximum atomic E-state index is 13.4. The molecule has 2 rings (SSSR count). The van der Waals surface area contributed by atoms with Crippen molar-refractivity contribution in [3.63, 3.8) is 0 Å². The molecule has 1 N–H and O–H groups in total. The molecule has 0 atom stereocenters. The maximum Gasteiger partial charge on any atom is 0.194 e. The molecule has 100 valence electrons. The van der Waals surface area contributed by atoms with Crippen molar-refractivity contribution in [3.8, 4) is 0 Å². The molecule has 0 bridgehead atoms. The molecule has 1 aliphatic heterocycles.